The molecule has 0 radical (unpaired) electrons. The number of anilines is 2. The van der Waals surface area contributed by atoms with E-state index in [1.54, 1.807) is 61.8 Å². The molecule has 31 heavy (non-hydrogen) atoms. The van der Waals surface area contributed by atoms with Gasteiger partial charge < -0.3 is 10.6 Å². The zero-order chi connectivity index (χ0) is 22.6. The fourth-order valence-corrected chi connectivity index (χ4v) is 4.12. The van der Waals surface area contributed by atoms with Gasteiger partial charge >= 0.3 is 0 Å². The molecule has 0 spiro atoms. The predicted molar refractivity (Wildman–Crippen MR) is 120 cm³/mol. The van der Waals surface area contributed by atoms with Crippen LogP contribution in [0.1, 0.15) is 27.0 Å². The molecular formula is C23H23N3O4S. The molecule has 7 nitrogen and oxygen atoms in total. The van der Waals surface area contributed by atoms with Gasteiger partial charge in [0.1, 0.15) is 0 Å². The number of aromatic nitrogens is 1. The Labute approximate surface area is 181 Å². The first kappa shape index (κ1) is 22.2. The highest BCUT2D eigenvalue weighted by atomic mass is 32.2. The summed E-state index contributed by atoms with van der Waals surface area (Å²) in [6.07, 6.45) is 4.57. The second-order valence-corrected chi connectivity index (χ2v) is 9.25. The zero-order valence-electron chi connectivity index (χ0n) is 17.5. The molecule has 3 aromatic rings. The van der Waals surface area contributed by atoms with Crippen LogP contribution in [0.2, 0.25) is 0 Å². The summed E-state index contributed by atoms with van der Waals surface area (Å²) in [5.74, 6) is -0.609. The van der Waals surface area contributed by atoms with Crippen LogP contribution in [0.4, 0.5) is 11.4 Å². The number of rotatable bonds is 6. The largest absolute Gasteiger partial charge is 0.326 e. The third kappa shape index (κ3) is 5.55. The Balaban J connectivity index is 1.78. The quantitative estimate of drug-likeness (QED) is 0.614. The Kier molecular flexibility index (Phi) is 6.50. The third-order valence-corrected chi connectivity index (χ3v) is 6.06. The summed E-state index contributed by atoms with van der Waals surface area (Å²) in [6.45, 7) is 3.48. The van der Waals surface area contributed by atoms with Crippen molar-refractivity contribution in [3.63, 3.8) is 0 Å². The first-order valence-corrected chi connectivity index (χ1v) is 11.4. The highest BCUT2D eigenvalue weighted by Gasteiger charge is 2.16. The van der Waals surface area contributed by atoms with Crippen molar-refractivity contribution in [3.8, 4) is 0 Å². The van der Waals surface area contributed by atoms with E-state index in [1.807, 2.05) is 6.92 Å². The summed E-state index contributed by atoms with van der Waals surface area (Å²) in [4.78, 5) is 29.3. The summed E-state index contributed by atoms with van der Waals surface area (Å²) in [7, 11) is -3.41. The number of carbonyl (C=O) groups is 2. The Morgan fingerprint density at radius 3 is 2.32 bits per heavy atom. The Hall–Kier alpha value is -3.52. The van der Waals surface area contributed by atoms with Gasteiger partial charge in [-0.25, -0.2) is 8.42 Å². The molecule has 0 saturated heterocycles. The number of amides is 2. The second kappa shape index (κ2) is 9.09. The number of carbonyl (C=O) groups excluding carboxylic acids is 2. The molecule has 0 unspecified atom stereocenters. The maximum absolute atomic E-state index is 12.8. The monoisotopic (exact) mass is 437 g/mol. The summed E-state index contributed by atoms with van der Waals surface area (Å²) < 4.78 is 23.8. The molecule has 2 aromatic carbocycles. The van der Waals surface area contributed by atoms with E-state index in [2.05, 4.69) is 15.6 Å². The number of nitrogens with one attached hydrogen (secondary N) is 2. The maximum atomic E-state index is 12.8. The van der Waals surface area contributed by atoms with E-state index in [-0.39, 0.29) is 17.2 Å². The smallest absolute Gasteiger partial charge is 0.255 e. The molecule has 1 aromatic heterocycles. The number of pyridine rings is 1. The van der Waals surface area contributed by atoms with Gasteiger partial charge in [0, 0.05) is 35.6 Å². The molecule has 0 aliphatic heterocycles. The second-order valence-electron chi connectivity index (χ2n) is 7.27. The van der Waals surface area contributed by atoms with Gasteiger partial charge in [0.2, 0.25) is 5.91 Å². The van der Waals surface area contributed by atoms with Gasteiger partial charge in [-0.3, -0.25) is 14.6 Å². The van der Waals surface area contributed by atoms with Crippen molar-refractivity contribution in [1.29, 1.82) is 0 Å². The van der Waals surface area contributed by atoms with Gasteiger partial charge in [-0.2, -0.15) is 0 Å². The van der Waals surface area contributed by atoms with E-state index in [1.165, 1.54) is 6.07 Å². The summed E-state index contributed by atoms with van der Waals surface area (Å²) in [5, 5.41) is 5.60. The Bertz CT molecular complexity index is 1240. The van der Waals surface area contributed by atoms with Crippen molar-refractivity contribution >= 4 is 33.0 Å². The van der Waals surface area contributed by atoms with Gasteiger partial charge in [0.05, 0.1) is 11.3 Å². The first-order valence-electron chi connectivity index (χ1n) is 9.55. The Morgan fingerprint density at radius 1 is 0.935 bits per heavy atom. The van der Waals surface area contributed by atoms with Crippen molar-refractivity contribution in [2.24, 2.45) is 0 Å². The first-order chi connectivity index (χ1) is 14.6. The molecule has 160 valence electrons. The number of aryl methyl sites for hydroxylation is 1. The van der Waals surface area contributed by atoms with E-state index >= 15 is 0 Å². The average molecular weight is 438 g/mol. The van der Waals surface area contributed by atoms with Crippen LogP contribution in [0.3, 0.4) is 0 Å². The molecule has 0 saturated carbocycles. The molecule has 8 heteroatoms. The molecule has 0 aliphatic carbocycles. The lowest BCUT2D eigenvalue weighted by atomic mass is 10.1. The molecule has 0 aliphatic rings. The maximum Gasteiger partial charge on any atom is 0.255 e. The molecule has 0 fully saturated rings. The number of nitrogens with zero attached hydrogens (tertiary/aromatic N) is 1. The lowest BCUT2D eigenvalue weighted by molar-refractivity contribution is -0.115. The van der Waals surface area contributed by atoms with Crippen LogP contribution in [-0.4, -0.2) is 31.5 Å². The van der Waals surface area contributed by atoms with Crippen molar-refractivity contribution in [2.45, 2.75) is 25.2 Å². The molecule has 1 heterocycles. The minimum atomic E-state index is -3.41. The van der Waals surface area contributed by atoms with Crippen LogP contribution in [0.25, 0.3) is 0 Å². The van der Waals surface area contributed by atoms with Gasteiger partial charge in [-0.15, -0.1) is 0 Å². The number of benzene rings is 2. The van der Waals surface area contributed by atoms with E-state index in [0.29, 0.717) is 22.5 Å². The van der Waals surface area contributed by atoms with Gasteiger partial charge in [0.15, 0.2) is 9.84 Å². The van der Waals surface area contributed by atoms with E-state index in [0.717, 1.165) is 17.4 Å². The third-order valence-electron chi connectivity index (χ3n) is 4.82. The van der Waals surface area contributed by atoms with E-state index in [9.17, 15) is 18.0 Å². The predicted octanol–water partition coefficient (Wildman–Crippen LogP) is 3.54. The lowest BCUT2D eigenvalue weighted by Gasteiger charge is -2.13. The van der Waals surface area contributed by atoms with Crippen LogP contribution in [-0.2, 0) is 21.1 Å². The van der Waals surface area contributed by atoms with Crippen LogP contribution in [0.15, 0.2) is 65.8 Å². The highest BCUT2D eigenvalue weighted by molar-refractivity contribution is 7.90. The van der Waals surface area contributed by atoms with Crippen LogP contribution < -0.4 is 10.6 Å². The Morgan fingerprint density at radius 2 is 1.65 bits per heavy atom. The topological polar surface area (TPSA) is 105 Å². The van der Waals surface area contributed by atoms with Crippen molar-refractivity contribution < 1.29 is 18.0 Å². The van der Waals surface area contributed by atoms with E-state index in [4.69, 9.17) is 0 Å². The van der Waals surface area contributed by atoms with Crippen LogP contribution in [0.5, 0.6) is 0 Å². The standard InChI is InChI=1S/C23H23N3O4S/c1-15-7-8-18(14-20(15)25-22(27)13-17-9-11-24-12-10-17)23(28)26-19-5-4-6-21(16(19)2)31(3,29)30/h4-12,14H,13H2,1-3H3,(H,25,27)(H,26,28). The van der Waals surface area contributed by atoms with Crippen molar-refractivity contribution in [1.82, 2.24) is 4.98 Å². The van der Waals surface area contributed by atoms with Gasteiger partial charge in [-0.1, -0.05) is 12.1 Å². The summed E-state index contributed by atoms with van der Waals surface area (Å²) >= 11 is 0. The summed E-state index contributed by atoms with van der Waals surface area (Å²) in [6, 6.07) is 13.3. The van der Waals surface area contributed by atoms with Gasteiger partial charge in [-0.05, 0) is 66.9 Å². The summed E-state index contributed by atoms with van der Waals surface area (Å²) in [5.41, 5.74) is 3.41. The van der Waals surface area contributed by atoms with Crippen molar-refractivity contribution in [3.05, 3.63) is 83.2 Å². The average Bonchev–Trinajstić information content (AvgIpc) is 2.71. The minimum Gasteiger partial charge on any atom is -0.326 e. The molecule has 3 rings (SSSR count). The molecule has 0 atom stereocenters. The lowest BCUT2D eigenvalue weighted by Crippen LogP contribution is -2.17. The fourth-order valence-electron chi connectivity index (χ4n) is 3.12. The molecule has 2 N–H and O–H groups in total. The minimum absolute atomic E-state index is 0.165. The SMILES string of the molecule is Cc1ccc(C(=O)Nc2cccc(S(C)(=O)=O)c2C)cc1NC(=O)Cc1ccncc1. The van der Waals surface area contributed by atoms with Crippen molar-refractivity contribution in [2.75, 3.05) is 16.9 Å². The molecular weight excluding hydrogens is 414 g/mol. The number of sulfone groups is 1. The van der Waals surface area contributed by atoms with E-state index < -0.39 is 15.7 Å². The fraction of sp³-hybridized carbons (Fsp3) is 0.174. The number of hydrogen-bond donors (Lipinski definition) is 2. The van der Waals surface area contributed by atoms with Crippen LogP contribution >= 0.6 is 0 Å². The normalized spacial score (nSPS) is 11.1. The molecule has 0 bridgehead atoms. The van der Waals surface area contributed by atoms with Crippen LogP contribution in [0, 0.1) is 13.8 Å². The van der Waals surface area contributed by atoms with Gasteiger partial charge in [0.25, 0.3) is 5.91 Å². The molecule has 2 amide bonds. The number of hydrogen-bond acceptors (Lipinski definition) is 5. The highest BCUT2D eigenvalue weighted by Crippen LogP contribution is 2.24. The zero-order valence-corrected chi connectivity index (χ0v) is 18.3.